The zero-order valence-corrected chi connectivity index (χ0v) is 15.8. The zero-order chi connectivity index (χ0) is 19.5. The number of ether oxygens (including phenoxy) is 2. The molecule has 4 rings (SSSR count). The van der Waals surface area contributed by atoms with Crippen LogP contribution >= 0.6 is 0 Å². The van der Waals surface area contributed by atoms with E-state index in [2.05, 4.69) is 14.9 Å². The van der Waals surface area contributed by atoms with Crippen molar-refractivity contribution in [1.29, 1.82) is 0 Å². The highest BCUT2D eigenvalue weighted by atomic mass is 16.5. The van der Waals surface area contributed by atoms with Crippen LogP contribution in [0.15, 0.2) is 53.7 Å². The predicted octanol–water partition coefficient (Wildman–Crippen LogP) is 1.82. The Morgan fingerprint density at radius 3 is 2.71 bits per heavy atom. The number of hydrogen-bond donors (Lipinski definition) is 0. The smallest absolute Gasteiger partial charge is 0.255 e. The summed E-state index contributed by atoms with van der Waals surface area (Å²) in [4.78, 5) is 27.4. The van der Waals surface area contributed by atoms with Crippen molar-refractivity contribution >= 4 is 5.95 Å². The van der Waals surface area contributed by atoms with Gasteiger partial charge in [-0.2, -0.15) is 0 Å². The van der Waals surface area contributed by atoms with Gasteiger partial charge in [-0.25, -0.2) is 15.0 Å². The molecular weight excluding hydrogens is 358 g/mol. The van der Waals surface area contributed by atoms with E-state index in [1.54, 1.807) is 31.0 Å². The average molecular weight is 379 g/mol. The first-order chi connectivity index (χ1) is 13.7. The van der Waals surface area contributed by atoms with Gasteiger partial charge in [0.1, 0.15) is 18.2 Å². The van der Waals surface area contributed by atoms with Crippen LogP contribution in [0.25, 0.3) is 11.4 Å². The van der Waals surface area contributed by atoms with Gasteiger partial charge in [0, 0.05) is 25.9 Å². The molecule has 3 aromatic rings. The summed E-state index contributed by atoms with van der Waals surface area (Å²) in [6.45, 7) is 1.80. The van der Waals surface area contributed by atoms with Gasteiger partial charge in [-0.3, -0.25) is 9.36 Å². The van der Waals surface area contributed by atoms with Crippen LogP contribution in [-0.2, 0) is 11.8 Å². The highest BCUT2D eigenvalue weighted by molar-refractivity contribution is 5.55. The molecule has 0 radical (unpaired) electrons. The van der Waals surface area contributed by atoms with E-state index in [4.69, 9.17) is 14.5 Å². The Kier molecular flexibility index (Phi) is 5.03. The lowest BCUT2D eigenvalue weighted by atomic mass is 10.1. The SMILES string of the molecule is COc1ccc(C2CN(c3nc(-c4ccncn4)cc(=O)n3C)CCO2)cc1. The number of morpholine rings is 1. The molecule has 2 aromatic heterocycles. The van der Waals surface area contributed by atoms with Crippen LogP contribution in [0.2, 0.25) is 0 Å². The molecular formula is C20H21N5O3. The number of anilines is 1. The van der Waals surface area contributed by atoms with Crippen LogP contribution < -0.4 is 15.2 Å². The summed E-state index contributed by atoms with van der Waals surface area (Å²) in [5, 5.41) is 0. The Labute approximate surface area is 162 Å². The monoisotopic (exact) mass is 379 g/mol. The topological polar surface area (TPSA) is 82.4 Å². The molecule has 0 N–H and O–H groups in total. The van der Waals surface area contributed by atoms with Crippen molar-refractivity contribution in [1.82, 2.24) is 19.5 Å². The quantitative estimate of drug-likeness (QED) is 0.684. The summed E-state index contributed by atoms with van der Waals surface area (Å²) in [5.41, 5.74) is 2.08. The second-order valence-corrected chi connectivity index (χ2v) is 6.51. The van der Waals surface area contributed by atoms with Gasteiger partial charge in [-0.05, 0) is 23.8 Å². The van der Waals surface area contributed by atoms with Gasteiger partial charge in [0.05, 0.1) is 31.6 Å². The van der Waals surface area contributed by atoms with Crippen LogP contribution in [0, 0.1) is 0 Å². The molecule has 8 nitrogen and oxygen atoms in total. The van der Waals surface area contributed by atoms with Gasteiger partial charge in [-0.15, -0.1) is 0 Å². The van der Waals surface area contributed by atoms with Crippen LogP contribution in [0.1, 0.15) is 11.7 Å². The highest BCUT2D eigenvalue weighted by Crippen LogP contribution is 2.27. The van der Waals surface area contributed by atoms with E-state index < -0.39 is 0 Å². The third kappa shape index (κ3) is 3.59. The van der Waals surface area contributed by atoms with Crippen molar-refractivity contribution in [2.45, 2.75) is 6.10 Å². The Hall–Kier alpha value is -3.26. The molecule has 0 amide bonds. The van der Waals surface area contributed by atoms with Gasteiger partial charge >= 0.3 is 0 Å². The maximum atomic E-state index is 12.5. The minimum absolute atomic E-state index is 0.112. The van der Waals surface area contributed by atoms with E-state index in [0.29, 0.717) is 37.0 Å². The number of hydrogen-bond acceptors (Lipinski definition) is 7. The second kappa shape index (κ2) is 7.77. The van der Waals surface area contributed by atoms with Gasteiger partial charge in [0.25, 0.3) is 5.56 Å². The highest BCUT2D eigenvalue weighted by Gasteiger charge is 2.25. The van der Waals surface area contributed by atoms with Gasteiger partial charge in [0.2, 0.25) is 5.95 Å². The minimum Gasteiger partial charge on any atom is -0.497 e. The molecule has 1 aliphatic heterocycles. The molecule has 28 heavy (non-hydrogen) atoms. The number of rotatable bonds is 4. The summed E-state index contributed by atoms with van der Waals surface area (Å²) < 4.78 is 12.7. The van der Waals surface area contributed by atoms with E-state index in [1.807, 2.05) is 24.3 Å². The van der Waals surface area contributed by atoms with Crippen molar-refractivity contribution < 1.29 is 9.47 Å². The summed E-state index contributed by atoms with van der Waals surface area (Å²) in [5.74, 6) is 1.40. The fourth-order valence-electron chi connectivity index (χ4n) is 3.23. The summed E-state index contributed by atoms with van der Waals surface area (Å²) in [6, 6.07) is 11.1. The maximum absolute atomic E-state index is 12.5. The summed E-state index contributed by atoms with van der Waals surface area (Å²) in [6.07, 6.45) is 2.97. The first kappa shape index (κ1) is 18.1. The van der Waals surface area contributed by atoms with Crippen LogP contribution in [0.4, 0.5) is 5.95 Å². The predicted molar refractivity (Wildman–Crippen MR) is 104 cm³/mol. The number of aromatic nitrogens is 4. The number of benzene rings is 1. The largest absolute Gasteiger partial charge is 0.497 e. The van der Waals surface area contributed by atoms with Gasteiger partial charge < -0.3 is 14.4 Å². The molecule has 144 valence electrons. The van der Waals surface area contributed by atoms with Crippen molar-refractivity contribution in [2.75, 3.05) is 31.7 Å². The minimum atomic E-state index is -0.133. The molecule has 1 aromatic carbocycles. The fraction of sp³-hybridized carbons (Fsp3) is 0.300. The third-order valence-corrected chi connectivity index (χ3v) is 4.79. The average Bonchev–Trinajstić information content (AvgIpc) is 2.76. The molecule has 0 saturated carbocycles. The maximum Gasteiger partial charge on any atom is 0.255 e. The lowest BCUT2D eigenvalue weighted by Gasteiger charge is -2.34. The van der Waals surface area contributed by atoms with Gasteiger partial charge in [0.15, 0.2) is 0 Å². The summed E-state index contributed by atoms with van der Waals surface area (Å²) in [7, 11) is 3.37. The van der Waals surface area contributed by atoms with Crippen molar-refractivity contribution in [2.24, 2.45) is 7.05 Å². The Bertz CT molecular complexity index is 1000. The van der Waals surface area contributed by atoms with E-state index in [0.717, 1.165) is 11.3 Å². The summed E-state index contributed by atoms with van der Waals surface area (Å²) >= 11 is 0. The zero-order valence-electron chi connectivity index (χ0n) is 15.8. The van der Waals surface area contributed by atoms with Crippen LogP contribution in [0.5, 0.6) is 5.75 Å². The molecule has 0 bridgehead atoms. The Morgan fingerprint density at radius 2 is 2.00 bits per heavy atom. The molecule has 0 aliphatic carbocycles. The van der Waals surface area contributed by atoms with Gasteiger partial charge in [-0.1, -0.05) is 12.1 Å². The normalized spacial score (nSPS) is 16.8. The Morgan fingerprint density at radius 1 is 1.18 bits per heavy atom. The molecule has 1 aliphatic rings. The first-order valence-electron chi connectivity index (χ1n) is 9.00. The molecule has 1 saturated heterocycles. The molecule has 0 spiro atoms. The van der Waals surface area contributed by atoms with E-state index in [-0.39, 0.29) is 11.7 Å². The molecule has 3 heterocycles. The van der Waals surface area contributed by atoms with Crippen molar-refractivity contribution in [3.63, 3.8) is 0 Å². The second-order valence-electron chi connectivity index (χ2n) is 6.51. The molecule has 1 atom stereocenters. The fourth-order valence-corrected chi connectivity index (χ4v) is 3.23. The number of methoxy groups -OCH3 is 1. The number of nitrogens with zero attached hydrogens (tertiary/aromatic N) is 5. The molecule has 8 heteroatoms. The van der Waals surface area contributed by atoms with Crippen molar-refractivity contribution in [3.8, 4) is 17.1 Å². The van der Waals surface area contributed by atoms with E-state index >= 15 is 0 Å². The Balaban J connectivity index is 1.64. The molecule has 1 unspecified atom stereocenters. The van der Waals surface area contributed by atoms with Crippen LogP contribution in [0.3, 0.4) is 0 Å². The standard InChI is InChI=1S/C20H21N5O3/c1-24-19(26)11-17(16-7-8-21-13-22-16)23-20(24)25-9-10-28-18(12-25)14-3-5-15(27-2)6-4-14/h3-8,11,13,18H,9-10,12H2,1-2H3. The lowest BCUT2D eigenvalue weighted by molar-refractivity contribution is 0.0389. The van der Waals surface area contributed by atoms with E-state index in [9.17, 15) is 4.79 Å². The van der Waals surface area contributed by atoms with E-state index in [1.165, 1.54) is 12.4 Å². The van der Waals surface area contributed by atoms with Crippen LogP contribution in [-0.4, -0.2) is 46.3 Å². The molecule has 1 fully saturated rings. The van der Waals surface area contributed by atoms with Crippen molar-refractivity contribution in [3.05, 3.63) is 64.8 Å². The lowest BCUT2D eigenvalue weighted by Crippen LogP contribution is -2.41. The first-order valence-corrected chi connectivity index (χ1v) is 9.00. The third-order valence-electron chi connectivity index (χ3n) is 4.79.